The number of hydrogen-bond donors (Lipinski definition) is 2. The van der Waals surface area contributed by atoms with Gasteiger partial charge in [-0.05, 0) is 12.1 Å². The van der Waals surface area contributed by atoms with Crippen LogP contribution < -0.4 is 5.73 Å². The lowest BCUT2D eigenvalue weighted by Crippen LogP contribution is -1.93. The van der Waals surface area contributed by atoms with Gasteiger partial charge in [-0.25, -0.2) is 0 Å². The maximum absolute atomic E-state index is 10.4. The van der Waals surface area contributed by atoms with Crippen molar-refractivity contribution < 1.29 is 13.0 Å². The van der Waals surface area contributed by atoms with Crippen molar-refractivity contribution in [2.45, 2.75) is 4.21 Å². The molecule has 1 rings (SSSR count). The van der Waals surface area contributed by atoms with Crippen molar-refractivity contribution in [3.05, 3.63) is 12.1 Å². The second-order valence-corrected chi connectivity index (χ2v) is 4.40. The summed E-state index contributed by atoms with van der Waals surface area (Å²) in [5.41, 5.74) is 5.22. The maximum atomic E-state index is 10.4. The molecule has 0 aromatic carbocycles. The van der Waals surface area contributed by atoms with E-state index < -0.39 is 10.1 Å². The van der Waals surface area contributed by atoms with Gasteiger partial charge in [0, 0.05) is 0 Å². The molecular weight excluding hydrogens is 174 g/mol. The van der Waals surface area contributed by atoms with Gasteiger partial charge in [-0.2, -0.15) is 8.42 Å². The zero-order valence-corrected chi connectivity index (χ0v) is 6.45. The zero-order valence-electron chi connectivity index (χ0n) is 4.81. The Hall–Kier alpha value is -0.590. The van der Waals surface area contributed by atoms with Crippen molar-refractivity contribution in [2.24, 2.45) is 0 Å². The first-order valence-electron chi connectivity index (χ1n) is 2.33. The highest BCUT2D eigenvalue weighted by atomic mass is 32.3. The molecule has 0 unspecified atom stereocenters. The molecule has 56 valence electrons. The molecule has 0 aliphatic heterocycles. The Morgan fingerprint density at radius 1 is 1.50 bits per heavy atom. The monoisotopic (exact) mass is 179 g/mol. The van der Waals surface area contributed by atoms with Crippen LogP contribution in [-0.2, 0) is 10.1 Å². The molecule has 1 heterocycles. The van der Waals surface area contributed by atoms with Gasteiger partial charge in [-0.15, -0.1) is 11.3 Å². The van der Waals surface area contributed by atoms with Gasteiger partial charge < -0.3 is 5.73 Å². The maximum Gasteiger partial charge on any atom is 0.304 e. The van der Waals surface area contributed by atoms with E-state index in [0.29, 0.717) is 5.00 Å². The van der Waals surface area contributed by atoms with E-state index in [-0.39, 0.29) is 4.21 Å². The first-order valence-corrected chi connectivity index (χ1v) is 4.58. The smallest absolute Gasteiger partial charge is 0.304 e. The Morgan fingerprint density at radius 3 is 2.30 bits per heavy atom. The first kappa shape index (κ1) is 7.52. The topological polar surface area (TPSA) is 80.4 Å². The fraction of sp³-hybridized carbons (Fsp3) is 0. The van der Waals surface area contributed by atoms with Crippen molar-refractivity contribution >= 4 is 26.5 Å². The summed E-state index contributed by atoms with van der Waals surface area (Å²) in [6.07, 6.45) is 0. The molecule has 1 aromatic heterocycles. The van der Waals surface area contributed by atoms with Gasteiger partial charge in [0.15, 0.2) is 0 Å². The second kappa shape index (κ2) is 2.22. The van der Waals surface area contributed by atoms with Gasteiger partial charge in [0.05, 0.1) is 5.00 Å². The van der Waals surface area contributed by atoms with Crippen LogP contribution in [0.15, 0.2) is 16.3 Å². The Morgan fingerprint density at radius 2 is 2.10 bits per heavy atom. The van der Waals surface area contributed by atoms with Crippen molar-refractivity contribution in [2.75, 3.05) is 5.73 Å². The van der Waals surface area contributed by atoms with E-state index in [4.69, 9.17) is 10.3 Å². The van der Waals surface area contributed by atoms with Crippen LogP contribution in [0.1, 0.15) is 0 Å². The molecule has 0 fully saturated rings. The average molecular weight is 179 g/mol. The summed E-state index contributed by atoms with van der Waals surface area (Å²) in [5.74, 6) is 0. The number of nitrogen functional groups attached to an aromatic ring is 1. The molecule has 3 N–H and O–H groups in total. The summed E-state index contributed by atoms with van der Waals surface area (Å²) < 4.78 is 29.0. The predicted octanol–water partition coefficient (Wildman–Crippen LogP) is 0.577. The third-order valence-corrected chi connectivity index (χ3v) is 3.09. The van der Waals surface area contributed by atoms with Crippen molar-refractivity contribution in [1.82, 2.24) is 0 Å². The fourth-order valence-electron chi connectivity index (χ4n) is 0.473. The Balaban J connectivity index is 3.21. The molecule has 0 spiro atoms. The van der Waals surface area contributed by atoms with Gasteiger partial charge in [0.1, 0.15) is 4.21 Å². The van der Waals surface area contributed by atoms with Crippen LogP contribution in [0.3, 0.4) is 0 Å². The number of hydrogen-bond acceptors (Lipinski definition) is 4. The molecule has 0 radical (unpaired) electrons. The van der Waals surface area contributed by atoms with E-state index in [2.05, 4.69) is 0 Å². The van der Waals surface area contributed by atoms with E-state index >= 15 is 0 Å². The van der Waals surface area contributed by atoms with Gasteiger partial charge in [0.25, 0.3) is 0 Å². The summed E-state index contributed by atoms with van der Waals surface area (Å²) in [4.78, 5) is 0. The first-order chi connectivity index (χ1) is 4.50. The minimum atomic E-state index is -4.04. The van der Waals surface area contributed by atoms with Crippen LogP contribution in [0.2, 0.25) is 0 Å². The quantitative estimate of drug-likeness (QED) is 0.618. The van der Waals surface area contributed by atoms with Crippen LogP contribution in [0.25, 0.3) is 0 Å². The third-order valence-electron chi connectivity index (χ3n) is 0.856. The lowest BCUT2D eigenvalue weighted by Gasteiger charge is -1.85. The van der Waals surface area contributed by atoms with Crippen molar-refractivity contribution in [3.8, 4) is 0 Å². The number of anilines is 1. The lowest BCUT2D eigenvalue weighted by molar-refractivity contribution is 0.485. The highest BCUT2D eigenvalue weighted by molar-refractivity contribution is 7.88. The van der Waals surface area contributed by atoms with Crippen molar-refractivity contribution in [3.63, 3.8) is 0 Å². The molecule has 0 aliphatic rings. The number of nitrogens with two attached hydrogens (primary N) is 1. The Bertz CT molecular complexity index is 326. The summed E-state index contributed by atoms with van der Waals surface area (Å²) >= 11 is 0.834. The molecule has 4 nitrogen and oxygen atoms in total. The highest BCUT2D eigenvalue weighted by Gasteiger charge is 2.10. The Labute approximate surface area is 62.0 Å². The molecule has 6 heteroatoms. The fourth-order valence-corrected chi connectivity index (χ4v) is 1.93. The number of rotatable bonds is 1. The molecule has 1 aromatic rings. The van der Waals surface area contributed by atoms with Gasteiger partial charge >= 0.3 is 10.1 Å². The third kappa shape index (κ3) is 1.47. The van der Waals surface area contributed by atoms with E-state index in [0.717, 1.165) is 11.3 Å². The molecule has 0 atom stereocenters. The summed E-state index contributed by atoms with van der Waals surface area (Å²) in [7, 11) is -4.04. The summed E-state index contributed by atoms with van der Waals surface area (Å²) in [6, 6.07) is 2.68. The van der Waals surface area contributed by atoms with Crippen LogP contribution in [0.5, 0.6) is 0 Å². The minimum Gasteiger partial charge on any atom is -0.391 e. The van der Waals surface area contributed by atoms with E-state index in [1.165, 1.54) is 12.1 Å². The van der Waals surface area contributed by atoms with E-state index in [9.17, 15) is 8.42 Å². The van der Waals surface area contributed by atoms with Gasteiger partial charge in [-0.3, -0.25) is 4.55 Å². The summed E-state index contributed by atoms with van der Waals surface area (Å²) in [6.45, 7) is 0. The normalized spacial score (nSPS) is 11.7. The molecule has 0 saturated heterocycles. The molecule has 0 aliphatic carbocycles. The molecule has 0 bridgehead atoms. The van der Waals surface area contributed by atoms with Crippen LogP contribution in [-0.4, -0.2) is 13.0 Å². The minimum absolute atomic E-state index is 0.120. The molecule has 0 amide bonds. The van der Waals surface area contributed by atoms with E-state index in [1.54, 1.807) is 0 Å². The summed E-state index contributed by atoms with van der Waals surface area (Å²) in [5, 5.41) is 0.368. The second-order valence-electron chi connectivity index (χ2n) is 1.63. The largest absolute Gasteiger partial charge is 0.391 e. The SMILES string of the molecule is Nc1ccc(S(=O)(=O)O)s1. The molecule has 10 heavy (non-hydrogen) atoms. The van der Waals surface area contributed by atoms with Gasteiger partial charge in [-0.1, -0.05) is 0 Å². The standard InChI is InChI=1S/C4H5NO3S2/c5-3-1-2-4(9-3)10(6,7)8/h1-2H,5H2,(H,6,7,8). The predicted molar refractivity (Wildman–Crippen MR) is 38.5 cm³/mol. The lowest BCUT2D eigenvalue weighted by atomic mass is 10.6. The van der Waals surface area contributed by atoms with Crippen LogP contribution in [0.4, 0.5) is 5.00 Å². The number of thiophene rings is 1. The van der Waals surface area contributed by atoms with Crippen molar-refractivity contribution in [1.29, 1.82) is 0 Å². The molecular formula is C4H5NO3S2. The average Bonchev–Trinajstić information content (AvgIpc) is 2.11. The zero-order chi connectivity index (χ0) is 7.78. The van der Waals surface area contributed by atoms with Crippen LogP contribution >= 0.6 is 11.3 Å². The highest BCUT2D eigenvalue weighted by Crippen LogP contribution is 2.22. The van der Waals surface area contributed by atoms with E-state index in [1.807, 2.05) is 0 Å². The van der Waals surface area contributed by atoms with Gasteiger partial charge in [0.2, 0.25) is 0 Å². The van der Waals surface area contributed by atoms with Crippen LogP contribution in [0, 0.1) is 0 Å². The molecule has 0 saturated carbocycles. The Kier molecular flexibility index (Phi) is 1.67.